The predicted molar refractivity (Wildman–Crippen MR) is 301 cm³/mol. The molecule has 11 nitrogen and oxygen atoms in total. The molecule has 8 fully saturated rings. The molecule has 444 valence electrons. The number of nitrogens with zero attached hydrogens (tertiary/aromatic N) is 1. The predicted octanol–water partition coefficient (Wildman–Crippen LogP) is 12.8. The van der Waals surface area contributed by atoms with Crippen molar-refractivity contribution in [1.82, 2.24) is 0 Å². The fourth-order valence-corrected chi connectivity index (χ4v) is 22.5. The third-order valence-corrected chi connectivity index (χ3v) is 26.2. The molecule has 24 atom stereocenters. The molecule has 0 heterocycles. The van der Waals surface area contributed by atoms with Crippen LogP contribution in [0.2, 0.25) is 0 Å². The van der Waals surface area contributed by atoms with Crippen LogP contribution in [-0.2, 0) is 38.5 Å². The van der Waals surface area contributed by atoms with Crippen LogP contribution in [0.25, 0.3) is 0 Å². The van der Waals surface area contributed by atoms with Crippen molar-refractivity contribution in [3.05, 3.63) is 29.8 Å². The molecule has 0 aromatic heterocycles. The number of fused-ring (bicyclic) bond motifs is 10. The van der Waals surface area contributed by atoms with E-state index in [-0.39, 0.29) is 80.2 Å². The maximum atomic E-state index is 16.2. The van der Waals surface area contributed by atoms with Crippen LogP contribution >= 0.6 is 0 Å². The Hall–Kier alpha value is -3.06. The molecule has 9 rings (SSSR count). The summed E-state index contributed by atoms with van der Waals surface area (Å²) in [6.45, 7) is 23.2. The van der Waals surface area contributed by atoms with Gasteiger partial charge in [-0.1, -0.05) is 86.8 Å². The summed E-state index contributed by atoms with van der Waals surface area (Å²) in [6.07, 6.45) is 12.2. The number of carbonyl (C=O) groups excluding carboxylic acids is 4. The van der Waals surface area contributed by atoms with E-state index in [1.54, 1.807) is 24.3 Å². The largest absolute Gasteiger partial charge is 0.459 e. The third kappa shape index (κ3) is 11.4. The molecule has 0 spiro atoms. The van der Waals surface area contributed by atoms with Crippen molar-refractivity contribution < 1.29 is 56.1 Å². The van der Waals surface area contributed by atoms with E-state index in [9.17, 15) is 37.8 Å². The first-order valence-electron chi connectivity index (χ1n) is 31.1. The molecule has 8 unspecified atom stereocenters. The average molecular weight is 1120 g/mol. The minimum atomic E-state index is -3.64. The number of carbonyl (C=O) groups is 3. The molecule has 1 aromatic rings. The topological polar surface area (TPSA) is 174 Å². The van der Waals surface area contributed by atoms with Crippen molar-refractivity contribution in [3.63, 3.8) is 0 Å². The highest BCUT2D eigenvalue weighted by molar-refractivity contribution is 7.92. The van der Waals surface area contributed by atoms with Gasteiger partial charge in [0, 0.05) is 32.1 Å². The van der Waals surface area contributed by atoms with Crippen LogP contribution in [0.5, 0.6) is 0 Å². The second-order valence-electron chi connectivity index (χ2n) is 28.2. The molecule has 8 aliphatic carbocycles. The Morgan fingerprint density at radius 2 is 1.14 bits per heavy atom. The highest BCUT2D eigenvalue weighted by Crippen LogP contribution is 2.72. The number of sulfone groups is 1. The van der Waals surface area contributed by atoms with Gasteiger partial charge in [-0.25, -0.2) is 27.0 Å². The lowest BCUT2D eigenvalue weighted by molar-refractivity contribution is -0.226. The number of aliphatic hydroxyl groups is 2. The number of benzene rings is 1. The number of ketones is 1. The molecule has 79 heavy (non-hydrogen) atoms. The number of hydrogen-bond donors (Lipinski definition) is 2. The fourth-order valence-electron chi connectivity index (χ4n) is 21.1. The number of alkyl halides is 2. The van der Waals surface area contributed by atoms with Crippen molar-refractivity contribution in [2.75, 3.05) is 12.3 Å². The zero-order valence-corrected chi connectivity index (χ0v) is 50.6. The van der Waals surface area contributed by atoms with Gasteiger partial charge < -0.3 is 19.7 Å². The van der Waals surface area contributed by atoms with Crippen LogP contribution < -0.4 is 0 Å². The zero-order chi connectivity index (χ0) is 57.7. The summed E-state index contributed by atoms with van der Waals surface area (Å²) in [4.78, 5) is 50.6. The van der Waals surface area contributed by atoms with Gasteiger partial charge in [-0.05, 0) is 207 Å². The van der Waals surface area contributed by atoms with E-state index in [2.05, 4.69) is 60.4 Å². The summed E-state index contributed by atoms with van der Waals surface area (Å²) in [5.74, 6) is 1.21. The van der Waals surface area contributed by atoms with Gasteiger partial charge in [0.1, 0.15) is 36.1 Å². The summed E-state index contributed by atoms with van der Waals surface area (Å²) in [7, 11) is -3.64. The lowest BCUT2D eigenvalue weighted by Crippen LogP contribution is -2.65. The van der Waals surface area contributed by atoms with Gasteiger partial charge in [0.25, 0.3) is 0 Å². The molecule has 0 radical (unpaired) electrons. The molecule has 1 aromatic carbocycles. The van der Waals surface area contributed by atoms with Crippen LogP contribution in [0.1, 0.15) is 190 Å². The number of hydrogen-bond acceptors (Lipinski definition) is 11. The summed E-state index contributed by atoms with van der Waals surface area (Å²) in [5.41, 5.74) is 0.687. The zero-order valence-electron chi connectivity index (χ0n) is 49.8. The van der Waals surface area contributed by atoms with Gasteiger partial charge >= 0.3 is 11.9 Å². The molecular formula is C65H99F2NO10S. The first kappa shape index (κ1) is 62.0. The summed E-state index contributed by atoms with van der Waals surface area (Å²) in [6, 6.07) is 6.72. The van der Waals surface area contributed by atoms with Gasteiger partial charge in [-0.15, -0.1) is 0 Å². The Morgan fingerprint density at radius 3 is 1.57 bits per heavy atom. The quantitative estimate of drug-likeness (QED) is 0.0921. The molecule has 0 bridgehead atoms. The normalized spacial score (nSPS) is 43.8. The summed E-state index contributed by atoms with van der Waals surface area (Å²) in [5, 5.41) is 23.9. The average Bonchev–Trinajstić information content (AvgIpc) is 4.14. The van der Waals surface area contributed by atoms with Gasteiger partial charge in [0.15, 0.2) is 9.84 Å². The smallest absolute Gasteiger partial charge is 0.303 e. The van der Waals surface area contributed by atoms with Gasteiger partial charge in [-0.2, -0.15) is 0 Å². The molecule has 2 N–H and O–H groups in total. The van der Waals surface area contributed by atoms with Crippen LogP contribution in [0.4, 0.5) is 8.78 Å². The molecule has 8 aliphatic rings. The van der Waals surface area contributed by atoms with Crippen LogP contribution in [0.3, 0.4) is 0 Å². The van der Waals surface area contributed by atoms with E-state index in [1.807, 2.05) is 13.0 Å². The highest BCUT2D eigenvalue weighted by atomic mass is 32.2. The minimum Gasteiger partial charge on any atom is -0.459 e. The fraction of sp³-hybridized carbons (Fsp3) is 0.846. The molecule has 0 aliphatic heterocycles. The van der Waals surface area contributed by atoms with E-state index in [1.165, 1.54) is 13.8 Å². The van der Waals surface area contributed by atoms with Crippen LogP contribution in [0, 0.1) is 111 Å². The van der Waals surface area contributed by atoms with E-state index in [4.69, 9.17) is 9.47 Å². The van der Waals surface area contributed by atoms with Crippen molar-refractivity contribution >= 4 is 33.6 Å². The lowest BCUT2D eigenvalue weighted by Gasteiger charge is -2.65. The standard InChI is InChI=1S/C37H55FO6S.C28H44FNO4/c1-7-27-33-34(38)31(44-24(4)39)17-19-37(33,6)30-16-18-36(5)28(14-15-29(36)32(30)35(27)41)23(3)11-9-12-25(40)21-45(42,43)26-13-8-10-22(2)20-26;1-6-18-24-25(29)22(34-17(3)32)10-13-28(24,5)21-9-12-27(4)19(16(2)11-14-30-15-31)7-8-20(27)23(21)26(18)33/h8,10,13,20,23,27-35,41H,7,9,11-12,14-19,21H2,1-6H3;16,18-26,33H,6-14H2,1-5H3/t23-,27-,28?,29?,30?,31-,32?,33-,34+,35-,36-,37-;16-,18-,19?,20?,21?,22-,23?,24-,25+,26-,27-,28-/m11/s1. The van der Waals surface area contributed by atoms with Crippen molar-refractivity contribution in [2.24, 2.45) is 110 Å². The van der Waals surface area contributed by atoms with E-state index < -0.39 is 64.3 Å². The second-order valence-corrected chi connectivity index (χ2v) is 30.2. The first-order chi connectivity index (χ1) is 37.2. The van der Waals surface area contributed by atoms with Crippen LogP contribution in [-0.4, -0.2) is 91.5 Å². The monoisotopic (exact) mass is 1120 g/mol. The Balaban J connectivity index is 0.000000216. The van der Waals surface area contributed by atoms with Crippen LogP contribution in [0.15, 0.2) is 34.2 Å². The molecule has 0 amide bonds. The Kier molecular flexibility index (Phi) is 19.0. The first-order valence-corrected chi connectivity index (χ1v) is 32.7. The summed E-state index contributed by atoms with van der Waals surface area (Å²) < 4.78 is 68.6. The number of aryl methyl sites for hydroxylation is 1. The number of aliphatic hydroxyl groups excluding tert-OH is 2. The number of isocyanates is 1. The SMILES string of the molecule is CC[C@@H]1[C@@H]2[C@@H](F)[C@H](OC(C)=O)CC[C@]2(C)C2CC[C@@]3(C)C(CCC3[C@H](C)CCCC(=O)CS(=O)(=O)c3cccc(C)c3)C2[C@@H]1O.CC[C@@H]1[C@@H]2[C@@H](F)[C@H](OC(C)=O)CC[C@]2(C)C2CC[C@@]3(C)C(CCC3[C@H](C)CCN=C=O)C2[C@@H]1O. The van der Waals surface area contributed by atoms with Gasteiger partial charge in [0.2, 0.25) is 6.08 Å². The molecule has 14 heteroatoms. The number of ether oxygens (including phenoxy) is 2. The summed E-state index contributed by atoms with van der Waals surface area (Å²) >= 11 is 0. The number of halogens is 2. The Bertz CT molecular complexity index is 2500. The molecular weight excluding hydrogens is 1020 g/mol. The molecule has 8 saturated carbocycles. The van der Waals surface area contributed by atoms with Gasteiger partial charge in [-0.3, -0.25) is 14.4 Å². The number of rotatable bonds is 16. The number of esters is 2. The van der Waals surface area contributed by atoms with Crippen molar-refractivity contribution in [1.29, 1.82) is 0 Å². The Morgan fingerprint density at radius 1 is 0.696 bits per heavy atom. The second kappa shape index (κ2) is 24.3. The maximum absolute atomic E-state index is 16.2. The van der Waals surface area contributed by atoms with Crippen molar-refractivity contribution in [3.8, 4) is 0 Å². The van der Waals surface area contributed by atoms with E-state index in [0.29, 0.717) is 73.7 Å². The molecule has 0 saturated heterocycles. The van der Waals surface area contributed by atoms with Gasteiger partial charge in [0.05, 0.1) is 23.6 Å². The Labute approximate surface area is 472 Å². The number of Topliss-reactive ketones (excluding diaryl/α,β-unsaturated/α-hetero) is 1. The van der Waals surface area contributed by atoms with E-state index >= 15 is 8.78 Å². The minimum absolute atomic E-state index is 0.0750. The third-order valence-electron chi connectivity index (χ3n) is 24.5. The van der Waals surface area contributed by atoms with Crippen molar-refractivity contribution in [2.45, 2.75) is 233 Å². The number of aliphatic imine (C=N–C) groups is 1. The highest BCUT2D eigenvalue weighted by Gasteiger charge is 2.69. The van der Waals surface area contributed by atoms with E-state index in [0.717, 1.165) is 89.0 Å². The lowest BCUT2D eigenvalue weighted by atomic mass is 9.41. The maximum Gasteiger partial charge on any atom is 0.303 e.